The van der Waals surface area contributed by atoms with E-state index < -0.39 is 0 Å². The van der Waals surface area contributed by atoms with E-state index in [-0.39, 0.29) is 0 Å². The van der Waals surface area contributed by atoms with Crippen LogP contribution in [-0.2, 0) is 13.1 Å². The number of nitrogens with two attached hydrogens (primary N) is 1. The molecule has 18 heavy (non-hydrogen) atoms. The maximum atomic E-state index is 5.59. The van der Waals surface area contributed by atoms with Crippen molar-refractivity contribution in [3.8, 4) is 0 Å². The van der Waals surface area contributed by atoms with Gasteiger partial charge < -0.3 is 10.2 Å². The highest BCUT2D eigenvalue weighted by Crippen LogP contribution is 2.48. The van der Waals surface area contributed by atoms with Crippen LogP contribution in [0.4, 0.5) is 0 Å². The van der Waals surface area contributed by atoms with Gasteiger partial charge in [-0.2, -0.15) is 0 Å². The first-order chi connectivity index (χ1) is 8.74. The van der Waals surface area contributed by atoms with Crippen molar-refractivity contribution >= 4 is 0 Å². The Hall–Kier alpha value is -0.800. The highest BCUT2D eigenvalue weighted by atomic mass is 16.3. The second-order valence-electron chi connectivity index (χ2n) is 6.26. The van der Waals surface area contributed by atoms with Crippen molar-refractivity contribution < 1.29 is 4.42 Å². The van der Waals surface area contributed by atoms with E-state index in [1.54, 1.807) is 6.26 Å². The molecular formula is C15H24N2O. The highest BCUT2D eigenvalue weighted by Gasteiger charge is 2.39. The van der Waals surface area contributed by atoms with E-state index in [1.165, 1.54) is 32.2 Å². The summed E-state index contributed by atoms with van der Waals surface area (Å²) in [6.45, 7) is 2.70. The Labute approximate surface area is 109 Å². The van der Waals surface area contributed by atoms with Crippen molar-refractivity contribution in [2.75, 3.05) is 13.6 Å². The van der Waals surface area contributed by atoms with E-state index in [2.05, 4.69) is 18.0 Å². The Morgan fingerprint density at radius 1 is 1.39 bits per heavy atom. The van der Waals surface area contributed by atoms with Gasteiger partial charge in [0.2, 0.25) is 0 Å². The van der Waals surface area contributed by atoms with Gasteiger partial charge in [0.05, 0.1) is 12.8 Å². The number of hydrogen-bond donors (Lipinski definition) is 1. The van der Waals surface area contributed by atoms with Crippen molar-refractivity contribution in [2.24, 2.45) is 23.5 Å². The molecule has 3 unspecified atom stereocenters. The summed E-state index contributed by atoms with van der Waals surface area (Å²) in [5.74, 6) is 4.02. The van der Waals surface area contributed by atoms with Gasteiger partial charge in [0.25, 0.3) is 0 Å². The topological polar surface area (TPSA) is 42.4 Å². The number of rotatable bonds is 5. The molecule has 2 aliphatic rings. The third-order valence-corrected chi connectivity index (χ3v) is 4.80. The first kappa shape index (κ1) is 12.2. The number of furan rings is 1. The van der Waals surface area contributed by atoms with Crippen molar-refractivity contribution in [1.82, 2.24) is 4.90 Å². The molecule has 0 aliphatic heterocycles. The molecule has 0 spiro atoms. The van der Waals surface area contributed by atoms with E-state index in [0.717, 1.165) is 35.6 Å². The minimum absolute atomic E-state index is 0.569. The van der Waals surface area contributed by atoms with Gasteiger partial charge >= 0.3 is 0 Å². The molecule has 2 fully saturated rings. The Balaban J connectivity index is 1.51. The normalized spacial score (nSPS) is 30.5. The summed E-state index contributed by atoms with van der Waals surface area (Å²) in [4.78, 5) is 2.41. The lowest BCUT2D eigenvalue weighted by atomic mass is 9.88. The fourth-order valence-corrected chi connectivity index (χ4v) is 3.95. The SMILES string of the molecule is CN(Cc1cc(CN)co1)CC1CC2CCC1C2. The van der Waals surface area contributed by atoms with Crippen LogP contribution in [0.5, 0.6) is 0 Å². The third-order valence-electron chi connectivity index (χ3n) is 4.80. The average molecular weight is 248 g/mol. The molecule has 0 amide bonds. The zero-order valence-electron chi connectivity index (χ0n) is 11.3. The zero-order chi connectivity index (χ0) is 12.5. The van der Waals surface area contributed by atoms with E-state index in [0.29, 0.717) is 6.54 Å². The van der Waals surface area contributed by atoms with Gasteiger partial charge in [-0.1, -0.05) is 6.42 Å². The summed E-state index contributed by atoms with van der Waals surface area (Å²) >= 11 is 0. The molecule has 0 aromatic carbocycles. The minimum atomic E-state index is 0.569. The predicted octanol–water partition coefficient (Wildman–Crippen LogP) is 2.61. The summed E-state index contributed by atoms with van der Waals surface area (Å²) in [6, 6.07) is 2.08. The second-order valence-corrected chi connectivity index (χ2v) is 6.26. The zero-order valence-corrected chi connectivity index (χ0v) is 11.3. The van der Waals surface area contributed by atoms with E-state index in [1.807, 2.05) is 0 Å². The molecule has 3 nitrogen and oxygen atoms in total. The van der Waals surface area contributed by atoms with Gasteiger partial charge in [0.1, 0.15) is 5.76 Å². The molecule has 0 radical (unpaired) electrons. The van der Waals surface area contributed by atoms with Crippen LogP contribution < -0.4 is 5.73 Å². The van der Waals surface area contributed by atoms with Gasteiger partial charge in [-0.15, -0.1) is 0 Å². The van der Waals surface area contributed by atoms with E-state index >= 15 is 0 Å². The first-order valence-electron chi connectivity index (χ1n) is 7.19. The molecule has 2 saturated carbocycles. The molecule has 2 bridgehead atoms. The van der Waals surface area contributed by atoms with Gasteiger partial charge in [-0.3, -0.25) is 4.90 Å². The minimum Gasteiger partial charge on any atom is -0.468 e. The summed E-state index contributed by atoms with van der Waals surface area (Å²) < 4.78 is 5.53. The van der Waals surface area contributed by atoms with Crippen LogP contribution in [0.25, 0.3) is 0 Å². The molecule has 100 valence electrons. The number of nitrogens with zero attached hydrogens (tertiary/aromatic N) is 1. The molecule has 1 aromatic rings. The van der Waals surface area contributed by atoms with Crippen molar-refractivity contribution in [3.05, 3.63) is 23.7 Å². The molecule has 1 aromatic heterocycles. The van der Waals surface area contributed by atoms with Gasteiger partial charge in [-0.25, -0.2) is 0 Å². The molecule has 0 saturated heterocycles. The van der Waals surface area contributed by atoms with Crippen LogP contribution in [0.1, 0.15) is 37.0 Å². The number of hydrogen-bond acceptors (Lipinski definition) is 3. The van der Waals surface area contributed by atoms with Crippen molar-refractivity contribution in [3.63, 3.8) is 0 Å². The summed E-state index contributed by atoms with van der Waals surface area (Å²) in [5, 5.41) is 0. The Morgan fingerprint density at radius 3 is 2.89 bits per heavy atom. The van der Waals surface area contributed by atoms with Crippen LogP contribution in [0.2, 0.25) is 0 Å². The highest BCUT2D eigenvalue weighted by molar-refractivity contribution is 5.12. The van der Waals surface area contributed by atoms with Crippen LogP contribution >= 0.6 is 0 Å². The number of fused-ring (bicyclic) bond motifs is 2. The molecule has 3 rings (SSSR count). The van der Waals surface area contributed by atoms with Gasteiger partial charge in [-0.05, 0) is 50.1 Å². The fraction of sp³-hybridized carbons (Fsp3) is 0.733. The molecular weight excluding hydrogens is 224 g/mol. The standard InChI is InChI=1S/C15H24N2O/c1-17(9-15-6-12(7-16)10-18-15)8-14-5-11-2-3-13(14)4-11/h6,10-11,13-14H,2-5,7-9,16H2,1H3. The van der Waals surface area contributed by atoms with E-state index in [9.17, 15) is 0 Å². The maximum absolute atomic E-state index is 5.59. The molecule has 3 heteroatoms. The Bertz CT molecular complexity index is 401. The van der Waals surface area contributed by atoms with Crippen LogP contribution in [0, 0.1) is 17.8 Å². The summed E-state index contributed by atoms with van der Waals surface area (Å²) in [6.07, 6.45) is 7.70. The van der Waals surface area contributed by atoms with Gasteiger partial charge in [0.15, 0.2) is 0 Å². The van der Waals surface area contributed by atoms with Crippen LogP contribution in [-0.4, -0.2) is 18.5 Å². The van der Waals surface area contributed by atoms with Crippen LogP contribution in [0.3, 0.4) is 0 Å². The largest absolute Gasteiger partial charge is 0.468 e. The summed E-state index contributed by atoms with van der Waals surface area (Å²) in [7, 11) is 2.20. The van der Waals surface area contributed by atoms with Crippen molar-refractivity contribution in [2.45, 2.75) is 38.8 Å². The maximum Gasteiger partial charge on any atom is 0.118 e. The lowest BCUT2D eigenvalue weighted by Crippen LogP contribution is -2.28. The fourth-order valence-electron chi connectivity index (χ4n) is 3.95. The molecule has 2 aliphatic carbocycles. The quantitative estimate of drug-likeness (QED) is 0.871. The smallest absolute Gasteiger partial charge is 0.118 e. The average Bonchev–Trinajstić information content (AvgIpc) is 3.04. The lowest BCUT2D eigenvalue weighted by molar-refractivity contribution is 0.204. The Morgan fingerprint density at radius 2 is 2.28 bits per heavy atom. The molecule has 2 N–H and O–H groups in total. The first-order valence-corrected chi connectivity index (χ1v) is 7.19. The van der Waals surface area contributed by atoms with Crippen LogP contribution in [0.15, 0.2) is 16.7 Å². The Kier molecular flexibility index (Phi) is 3.44. The van der Waals surface area contributed by atoms with Gasteiger partial charge in [0, 0.05) is 18.7 Å². The summed E-state index contributed by atoms with van der Waals surface area (Å²) in [5.41, 5.74) is 6.69. The second kappa shape index (κ2) is 5.06. The third kappa shape index (κ3) is 2.47. The molecule has 3 atom stereocenters. The lowest BCUT2D eigenvalue weighted by Gasteiger charge is -2.26. The molecule has 1 heterocycles. The van der Waals surface area contributed by atoms with E-state index in [4.69, 9.17) is 10.2 Å². The van der Waals surface area contributed by atoms with Crippen molar-refractivity contribution in [1.29, 1.82) is 0 Å². The monoisotopic (exact) mass is 248 g/mol. The predicted molar refractivity (Wildman–Crippen MR) is 71.9 cm³/mol.